The van der Waals surface area contributed by atoms with Crippen LogP contribution in [0.5, 0.6) is 0 Å². The van der Waals surface area contributed by atoms with E-state index in [1.807, 2.05) is 32.0 Å². The highest BCUT2D eigenvalue weighted by Gasteiger charge is 2.12. The lowest BCUT2D eigenvalue weighted by atomic mass is 10.2. The third-order valence-electron chi connectivity index (χ3n) is 4.18. The average molecular weight is 446 g/mol. The molecular weight excluding hydrogens is 427 g/mol. The van der Waals surface area contributed by atoms with Crippen LogP contribution in [0, 0.1) is 13.8 Å². The molecule has 1 N–H and O–H groups in total. The molecule has 144 valence electrons. The number of thiophene rings is 1. The number of carbonyl (C=O) groups excluding carboxylic acids is 1. The first-order valence-corrected chi connectivity index (χ1v) is 12.4. The molecule has 4 nitrogen and oxygen atoms in total. The molecule has 0 saturated carbocycles. The summed E-state index contributed by atoms with van der Waals surface area (Å²) in [4.78, 5) is 22.6. The van der Waals surface area contributed by atoms with Crippen molar-refractivity contribution in [3.63, 3.8) is 0 Å². The molecule has 0 aliphatic carbocycles. The Kier molecular flexibility index (Phi) is 6.10. The number of anilines is 1. The number of aromatic nitrogens is 2. The number of fused-ring (bicyclic) bond motifs is 1. The first-order chi connectivity index (χ1) is 13.6. The molecule has 0 fully saturated rings. The van der Waals surface area contributed by atoms with Gasteiger partial charge >= 0.3 is 0 Å². The second-order valence-electron chi connectivity index (χ2n) is 6.35. The molecule has 4 rings (SSSR count). The highest BCUT2D eigenvalue weighted by Crippen LogP contribution is 2.31. The lowest BCUT2D eigenvalue weighted by Gasteiger charge is -2.04. The Balaban J connectivity index is 1.38. The zero-order valence-corrected chi connectivity index (χ0v) is 18.8. The van der Waals surface area contributed by atoms with Gasteiger partial charge in [-0.1, -0.05) is 11.8 Å². The zero-order chi connectivity index (χ0) is 19.5. The lowest BCUT2D eigenvalue weighted by Crippen LogP contribution is -2.15. The standard InChI is InChI=1S/C20H19N3OS4/c1-12-17(21-13(2)27-12)10-19(24)22-15-3-4-16-18(9-15)28-20(23-16)26-8-6-14-5-7-25-11-14/h3-5,7,9,11H,6,8,10H2,1-2H3,(H,22,24). The molecule has 3 heterocycles. The van der Waals surface area contributed by atoms with Crippen molar-refractivity contribution >= 4 is 67.6 Å². The fraction of sp³-hybridized carbons (Fsp3) is 0.250. The summed E-state index contributed by atoms with van der Waals surface area (Å²) in [5, 5.41) is 8.30. The summed E-state index contributed by atoms with van der Waals surface area (Å²) in [5.74, 6) is 0.981. The highest BCUT2D eigenvalue weighted by atomic mass is 32.2. The highest BCUT2D eigenvalue weighted by molar-refractivity contribution is 8.01. The summed E-state index contributed by atoms with van der Waals surface area (Å²) in [6.45, 7) is 3.97. The predicted molar refractivity (Wildman–Crippen MR) is 122 cm³/mol. The molecular formula is C20H19N3OS4. The Bertz CT molecular complexity index is 1100. The fourth-order valence-corrected chi connectivity index (χ4v) is 6.53. The largest absolute Gasteiger partial charge is 0.326 e. The monoisotopic (exact) mass is 445 g/mol. The number of thioether (sulfide) groups is 1. The van der Waals surface area contributed by atoms with E-state index in [-0.39, 0.29) is 5.91 Å². The molecule has 8 heteroatoms. The smallest absolute Gasteiger partial charge is 0.230 e. The number of rotatable bonds is 7. The van der Waals surface area contributed by atoms with Crippen molar-refractivity contribution in [3.05, 3.63) is 56.2 Å². The second-order valence-corrected chi connectivity index (χ2v) is 10.9. The molecule has 0 unspecified atom stereocenters. The van der Waals surface area contributed by atoms with Gasteiger partial charge in [0.05, 0.1) is 27.3 Å². The minimum atomic E-state index is -0.0392. The van der Waals surface area contributed by atoms with Gasteiger partial charge in [-0.3, -0.25) is 4.79 Å². The van der Waals surface area contributed by atoms with Gasteiger partial charge in [-0.15, -0.1) is 22.7 Å². The SMILES string of the molecule is Cc1nc(CC(=O)Nc2ccc3nc(SCCc4ccsc4)sc3c2)c(C)s1. The first-order valence-electron chi connectivity index (χ1n) is 8.84. The van der Waals surface area contributed by atoms with Gasteiger partial charge in [-0.25, -0.2) is 9.97 Å². The van der Waals surface area contributed by atoms with Crippen molar-refractivity contribution in [2.24, 2.45) is 0 Å². The van der Waals surface area contributed by atoms with Gasteiger partial charge < -0.3 is 5.32 Å². The van der Waals surface area contributed by atoms with E-state index in [9.17, 15) is 4.79 Å². The van der Waals surface area contributed by atoms with Crippen molar-refractivity contribution < 1.29 is 4.79 Å². The number of hydrogen-bond acceptors (Lipinski definition) is 7. The predicted octanol–water partition coefficient (Wildman–Crippen LogP) is 5.95. The van der Waals surface area contributed by atoms with Crippen molar-refractivity contribution in [2.75, 3.05) is 11.1 Å². The van der Waals surface area contributed by atoms with Crippen LogP contribution in [0.4, 0.5) is 5.69 Å². The fourth-order valence-electron chi connectivity index (χ4n) is 2.83. The van der Waals surface area contributed by atoms with Crippen molar-refractivity contribution in [3.8, 4) is 0 Å². The van der Waals surface area contributed by atoms with Crippen LogP contribution in [0.15, 0.2) is 39.4 Å². The number of nitrogens with one attached hydrogen (secondary N) is 1. The zero-order valence-electron chi connectivity index (χ0n) is 15.5. The molecule has 0 saturated heterocycles. The molecule has 0 atom stereocenters. The normalized spacial score (nSPS) is 11.2. The van der Waals surface area contributed by atoms with Crippen LogP contribution in [-0.2, 0) is 17.6 Å². The number of aryl methyl sites for hydroxylation is 3. The number of benzene rings is 1. The van der Waals surface area contributed by atoms with E-state index in [1.165, 1.54) is 5.56 Å². The van der Waals surface area contributed by atoms with Gasteiger partial charge in [0, 0.05) is 16.3 Å². The summed E-state index contributed by atoms with van der Waals surface area (Å²) in [5.41, 5.74) is 4.03. The molecule has 28 heavy (non-hydrogen) atoms. The van der Waals surface area contributed by atoms with Crippen LogP contribution in [0.2, 0.25) is 0 Å². The van der Waals surface area contributed by atoms with E-state index in [1.54, 1.807) is 45.8 Å². The molecule has 0 bridgehead atoms. The Labute approximate surface area is 180 Å². The van der Waals surface area contributed by atoms with Gasteiger partial charge in [-0.05, 0) is 60.9 Å². The minimum Gasteiger partial charge on any atom is -0.326 e. The lowest BCUT2D eigenvalue weighted by molar-refractivity contribution is -0.115. The number of amides is 1. The first kappa shape index (κ1) is 19.6. The Morgan fingerprint density at radius 3 is 2.82 bits per heavy atom. The summed E-state index contributed by atoms with van der Waals surface area (Å²) in [6, 6.07) is 8.07. The Morgan fingerprint density at radius 1 is 1.18 bits per heavy atom. The maximum Gasteiger partial charge on any atom is 0.230 e. The van der Waals surface area contributed by atoms with Crippen molar-refractivity contribution in [2.45, 2.75) is 31.0 Å². The quantitative estimate of drug-likeness (QED) is 0.357. The van der Waals surface area contributed by atoms with Gasteiger partial charge in [0.2, 0.25) is 5.91 Å². The average Bonchev–Trinajstić information content (AvgIpc) is 3.36. The maximum absolute atomic E-state index is 12.4. The van der Waals surface area contributed by atoms with E-state index >= 15 is 0 Å². The minimum absolute atomic E-state index is 0.0392. The van der Waals surface area contributed by atoms with Gasteiger partial charge in [0.25, 0.3) is 0 Å². The van der Waals surface area contributed by atoms with Crippen LogP contribution in [0.25, 0.3) is 10.2 Å². The van der Waals surface area contributed by atoms with Gasteiger partial charge in [-0.2, -0.15) is 11.3 Å². The number of hydrogen-bond donors (Lipinski definition) is 1. The van der Waals surface area contributed by atoms with E-state index in [0.29, 0.717) is 6.42 Å². The Morgan fingerprint density at radius 2 is 2.07 bits per heavy atom. The van der Waals surface area contributed by atoms with Crippen LogP contribution in [0.1, 0.15) is 21.1 Å². The van der Waals surface area contributed by atoms with Gasteiger partial charge in [0.15, 0.2) is 4.34 Å². The van der Waals surface area contributed by atoms with E-state index in [4.69, 9.17) is 4.98 Å². The van der Waals surface area contributed by atoms with Crippen LogP contribution in [-0.4, -0.2) is 21.6 Å². The van der Waals surface area contributed by atoms with Gasteiger partial charge in [0.1, 0.15) is 0 Å². The molecule has 4 aromatic rings. The summed E-state index contributed by atoms with van der Waals surface area (Å²) in [7, 11) is 0. The van der Waals surface area contributed by atoms with Crippen LogP contribution in [0.3, 0.4) is 0 Å². The maximum atomic E-state index is 12.4. The molecule has 0 radical (unpaired) electrons. The summed E-state index contributed by atoms with van der Waals surface area (Å²) < 4.78 is 2.17. The molecule has 1 aromatic carbocycles. The molecule has 1 amide bonds. The van der Waals surface area contributed by atoms with Crippen molar-refractivity contribution in [1.29, 1.82) is 0 Å². The number of carbonyl (C=O) groups is 1. The van der Waals surface area contributed by atoms with Crippen LogP contribution >= 0.6 is 45.8 Å². The van der Waals surface area contributed by atoms with E-state index in [2.05, 4.69) is 27.1 Å². The molecule has 3 aromatic heterocycles. The van der Waals surface area contributed by atoms with E-state index < -0.39 is 0 Å². The topological polar surface area (TPSA) is 54.9 Å². The molecule has 0 spiro atoms. The van der Waals surface area contributed by atoms with Crippen molar-refractivity contribution in [1.82, 2.24) is 9.97 Å². The molecule has 0 aliphatic rings. The second kappa shape index (κ2) is 8.73. The Hall–Kier alpha value is -1.74. The molecule has 0 aliphatic heterocycles. The third-order valence-corrected chi connectivity index (χ3v) is 8.00. The summed E-state index contributed by atoms with van der Waals surface area (Å²) >= 11 is 6.83. The van der Waals surface area contributed by atoms with Crippen LogP contribution < -0.4 is 5.32 Å². The summed E-state index contributed by atoms with van der Waals surface area (Å²) in [6.07, 6.45) is 1.36. The third kappa shape index (κ3) is 4.81. The number of nitrogens with zero attached hydrogens (tertiary/aromatic N) is 2. The van der Waals surface area contributed by atoms with E-state index in [0.717, 1.165) is 48.0 Å². The number of thiazole rings is 2.